The summed E-state index contributed by atoms with van der Waals surface area (Å²) in [6.45, 7) is 1.69. The highest BCUT2D eigenvalue weighted by Crippen LogP contribution is 2.34. The monoisotopic (exact) mass is 447 g/mol. The van der Waals surface area contributed by atoms with Crippen molar-refractivity contribution in [2.24, 2.45) is 14.1 Å². The summed E-state index contributed by atoms with van der Waals surface area (Å²) in [7, 11) is 3.16. The lowest BCUT2D eigenvalue weighted by Crippen LogP contribution is -2.24. The van der Waals surface area contributed by atoms with Gasteiger partial charge in [-0.1, -0.05) is 0 Å². The van der Waals surface area contributed by atoms with Gasteiger partial charge in [-0.05, 0) is 25.1 Å². The summed E-state index contributed by atoms with van der Waals surface area (Å²) >= 11 is 0. The highest BCUT2D eigenvalue weighted by Gasteiger charge is 2.27. The smallest absolute Gasteiger partial charge is 0.350 e. The molecule has 1 unspecified atom stereocenters. The van der Waals surface area contributed by atoms with Gasteiger partial charge in [0.15, 0.2) is 5.82 Å². The molecule has 1 aromatic carbocycles. The molecule has 4 heterocycles. The number of halogens is 1. The highest BCUT2D eigenvalue weighted by molar-refractivity contribution is 5.69. The number of nitrogen functional groups attached to an aromatic ring is 1. The average molecular weight is 447 g/mol. The predicted octanol–water partition coefficient (Wildman–Crippen LogP) is 1.40. The van der Waals surface area contributed by atoms with E-state index in [1.54, 1.807) is 14.0 Å². The number of fused-ring (bicyclic) bond motifs is 7. The summed E-state index contributed by atoms with van der Waals surface area (Å²) in [4.78, 5) is 21.7. The highest BCUT2D eigenvalue weighted by atomic mass is 19.1. The van der Waals surface area contributed by atoms with Crippen molar-refractivity contribution in [3.05, 3.63) is 63.5 Å². The van der Waals surface area contributed by atoms with E-state index in [1.165, 1.54) is 45.4 Å². The molecule has 11 nitrogen and oxygen atoms in total. The number of nitrogens with zero attached hydrogens (tertiary/aromatic N) is 8. The minimum absolute atomic E-state index is 0.0215. The Morgan fingerprint density at radius 1 is 1.27 bits per heavy atom. The van der Waals surface area contributed by atoms with E-state index < -0.39 is 17.6 Å². The van der Waals surface area contributed by atoms with Crippen molar-refractivity contribution in [1.29, 1.82) is 5.26 Å². The lowest BCUT2D eigenvalue weighted by Gasteiger charge is -2.20. The summed E-state index contributed by atoms with van der Waals surface area (Å²) in [6, 6.07) is 6.18. The van der Waals surface area contributed by atoms with E-state index in [1.807, 2.05) is 0 Å². The molecular weight excluding hydrogens is 429 g/mol. The fraction of sp³-hybridized carbons (Fsp3) is 0.238. The van der Waals surface area contributed by atoms with Crippen LogP contribution in [-0.2, 0) is 20.5 Å². The molecule has 1 atom stereocenters. The normalized spacial score (nSPS) is 14.7. The minimum Gasteiger partial charge on any atom is -0.467 e. The van der Waals surface area contributed by atoms with Gasteiger partial charge >= 0.3 is 5.69 Å². The molecule has 0 aliphatic carbocycles. The third-order valence-electron chi connectivity index (χ3n) is 5.52. The van der Waals surface area contributed by atoms with Gasteiger partial charge in [0.25, 0.3) is 5.88 Å². The number of rotatable bonds is 0. The van der Waals surface area contributed by atoms with E-state index in [9.17, 15) is 14.4 Å². The maximum Gasteiger partial charge on any atom is 0.350 e. The first-order valence-electron chi connectivity index (χ1n) is 9.98. The van der Waals surface area contributed by atoms with Gasteiger partial charge in [0.05, 0.1) is 35.3 Å². The Kier molecular flexibility index (Phi) is 4.49. The van der Waals surface area contributed by atoms with E-state index in [0.29, 0.717) is 34.0 Å². The van der Waals surface area contributed by atoms with E-state index in [0.717, 1.165) is 0 Å². The predicted molar refractivity (Wildman–Crippen MR) is 114 cm³/mol. The number of hydrogen-bond donors (Lipinski definition) is 1. The molecule has 33 heavy (non-hydrogen) atoms. The molecule has 5 rings (SSSR count). The second-order valence-corrected chi connectivity index (χ2v) is 7.65. The van der Waals surface area contributed by atoms with Gasteiger partial charge < -0.3 is 10.5 Å². The lowest BCUT2D eigenvalue weighted by molar-refractivity contribution is 0.217. The van der Waals surface area contributed by atoms with Gasteiger partial charge in [-0.15, -0.1) is 0 Å². The molecule has 1 aliphatic heterocycles. The molecule has 2 bridgehead atoms. The van der Waals surface area contributed by atoms with Crippen LogP contribution in [0.5, 0.6) is 5.88 Å². The zero-order chi connectivity index (χ0) is 23.4. The maximum atomic E-state index is 14.2. The summed E-state index contributed by atoms with van der Waals surface area (Å²) in [5, 5.41) is 18.6. The van der Waals surface area contributed by atoms with Gasteiger partial charge in [0.2, 0.25) is 0 Å². The van der Waals surface area contributed by atoms with Crippen molar-refractivity contribution in [3.8, 4) is 28.9 Å². The topological polar surface area (TPSA) is 142 Å². The average Bonchev–Trinajstić information content (AvgIpc) is 3.24. The number of benzene rings is 1. The lowest BCUT2D eigenvalue weighted by atomic mass is 10.1. The Morgan fingerprint density at radius 2 is 2.06 bits per heavy atom. The van der Waals surface area contributed by atoms with E-state index in [2.05, 4.69) is 26.2 Å². The quantitative estimate of drug-likeness (QED) is 0.426. The molecule has 0 amide bonds. The third-order valence-corrected chi connectivity index (χ3v) is 5.52. The summed E-state index contributed by atoms with van der Waals surface area (Å²) in [6.07, 6.45) is 0.791. The molecule has 1 aliphatic rings. The van der Waals surface area contributed by atoms with Crippen LogP contribution in [-0.4, -0.2) is 34.1 Å². The first kappa shape index (κ1) is 20.4. The van der Waals surface area contributed by atoms with Crippen molar-refractivity contribution in [3.63, 3.8) is 0 Å². The van der Waals surface area contributed by atoms with Crippen molar-refractivity contribution in [2.75, 3.05) is 5.73 Å². The van der Waals surface area contributed by atoms with Crippen LogP contribution < -0.4 is 16.2 Å². The van der Waals surface area contributed by atoms with Gasteiger partial charge in [-0.2, -0.15) is 15.5 Å². The number of nitriles is 1. The SMILES string of the molecule is CC1Oc2nc(cnc2N)-c2c(nn(C)c2C#N)Cc2nn(C)c(=O)n2-c2ccc(F)cc21. The third kappa shape index (κ3) is 3.13. The van der Waals surface area contributed by atoms with Crippen LogP contribution in [0.4, 0.5) is 10.2 Å². The molecule has 4 aromatic rings. The largest absolute Gasteiger partial charge is 0.467 e. The van der Waals surface area contributed by atoms with Crippen LogP contribution in [0, 0.1) is 17.1 Å². The van der Waals surface area contributed by atoms with Crippen LogP contribution in [0.15, 0.2) is 29.2 Å². The molecule has 0 spiro atoms. The van der Waals surface area contributed by atoms with Gasteiger partial charge in [0.1, 0.15) is 29.5 Å². The second kappa shape index (κ2) is 7.27. The number of hydrogen-bond acceptors (Lipinski definition) is 8. The minimum atomic E-state index is -0.745. The molecule has 0 saturated heterocycles. The van der Waals surface area contributed by atoms with Crippen molar-refractivity contribution >= 4 is 5.82 Å². The van der Waals surface area contributed by atoms with Crippen LogP contribution in [0.3, 0.4) is 0 Å². The molecule has 0 fully saturated rings. The van der Waals surface area contributed by atoms with Crippen LogP contribution in [0.2, 0.25) is 0 Å². The fourth-order valence-corrected chi connectivity index (χ4v) is 4.00. The second-order valence-electron chi connectivity index (χ2n) is 7.65. The summed E-state index contributed by atoms with van der Waals surface area (Å²) in [5.74, 6) is -0.0825. The number of nitrogens with two attached hydrogens (primary N) is 1. The van der Waals surface area contributed by atoms with Gasteiger partial charge in [-0.25, -0.2) is 28.4 Å². The molecule has 12 heteroatoms. The Hall–Kier alpha value is -4.53. The Labute approximate surface area is 186 Å². The first-order chi connectivity index (χ1) is 15.8. The fourth-order valence-electron chi connectivity index (χ4n) is 4.00. The number of aryl methyl sites for hydroxylation is 2. The molecular formula is C21H18FN9O2. The van der Waals surface area contributed by atoms with Crippen molar-refractivity contribution in [1.82, 2.24) is 34.1 Å². The van der Waals surface area contributed by atoms with E-state index in [4.69, 9.17) is 10.5 Å². The summed E-state index contributed by atoms with van der Waals surface area (Å²) < 4.78 is 24.2. The molecule has 0 saturated carbocycles. The number of anilines is 1. The van der Waals surface area contributed by atoms with Crippen LogP contribution in [0.1, 0.15) is 35.8 Å². The van der Waals surface area contributed by atoms with Gasteiger partial charge in [-0.3, -0.25) is 4.68 Å². The van der Waals surface area contributed by atoms with Crippen molar-refractivity contribution in [2.45, 2.75) is 19.4 Å². The molecule has 0 radical (unpaired) electrons. The van der Waals surface area contributed by atoms with E-state index >= 15 is 0 Å². The Bertz CT molecular complexity index is 1530. The molecule has 3 aromatic heterocycles. The molecule has 2 N–H and O–H groups in total. The zero-order valence-electron chi connectivity index (χ0n) is 17.9. The zero-order valence-corrected chi connectivity index (χ0v) is 17.9. The number of ether oxygens (including phenoxy) is 1. The van der Waals surface area contributed by atoms with E-state index in [-0.39, 0.29) is 23.8 Å². The molecule has 166 valence electrons. The Balaban J connectivity index is 1.88. The van der Waals surface area contributed by atoms with Gasteiger partial charge in [0, 0.05) is 19.7 Å². The maximum absolute atomic E-state index is 14.2. The summed E-state index contributed by atoms with van der Waals surface area (Å²) in [5.41, 5.74) is 7.87. The first-order valence-corrected chi connectivity index (χ1v) is 9.98. The van der Waals surface area contributed by atoms with Crippen molar-refractivity contribution < 1.29 is 9.13 Å². The standard InChI is InChI=1S/C21H18FN9O2/c1-10-12-6-11(22)4-5-15(12)31-17(28-30(3)21(31)32)7-13-18(16(8-23)29(2)27-13)14-9-25-19(24)20(26-14)33-10/h4-6,9-10H,7H2,1-3H3,(H2,24,25). The van der Waals surface area contributed by atoms with Crippen LogP contribution >= 0.6 is 0 Å². The van der Waals surface area contributed by atoms with Crippen LogP contribution in [0.25, 0.3) is 16.9 Å². The Morgan fingerprint density at radius 3 is 2.82 bits per heavy atom. The number of aromatic nitrogens is 7.